The second kappa shape index (κ2) is 5.83. The lowest BCUT2D eigenvalue weighted by Gasteiger charge is -2.08. The molecule has 0 atom stereocenters. The Bertz CT molecular complexity index is 724. The predicted octanol–water partition coefficient (Wildman–Crippen LogP) is 3.82. The zero-order chi connectivity index (χ0) is 14.7. The molecule has 0 heterocycles. The van der Waals surface area contributed by atoms with Gasteiger partial charge in [0.1, 0.15) is 11.8 Å². The number of rotatable bonds is 2. The van der Waals surface area contributed by atoms with Crippen molar-refractivity contribution in [1.29, 1.82) is 5.26 Å². The maximum absolute atomic E-state index is 12.0. The fraction of sp³-hybridized carbons (Fsp3) is 0. The summed E-state index contributed by atoms with van der Waals surface area (Å²) >= 11 is 11.7. The van der Waals surface area contributed by atoms with E-state index in [4.69, 9.17) is 28.5 Å². The number of amides is 1. The molecule has 2 rings (SSSR count). The lowest BCUT2D eigenvalue weighted by molar-refractivity contribution is 0.102. The van der Waals surface area contributed by atoms with Crippen molar-refractivity contribution in [3.63, 3.8) is 0 Å². The molecule has 2 N–H and O–H groups in total. The number of nitrogens with one attached hydrogen (secondary N) is 1. The molecule has 2 aromatic rings. The van der Waals surface area contributed by atoms with Crippen LogP contribution in [-0.2, 0) is 0 Å². The third-order valence-corrected chi connectivity index (χ3v) is 3.10. The van der Waals surface area contributed by atoms with Crippen molar-refractivity contribution in [3.05, 3.63) is 57.6 Å². The van der Waals surface area contributed by atoms with Gasteiger partial charge in [-0.25, -0.2) is 0 Å². The lowest BCUT2D eigenvalue weighted by Crippen LogP contribution is -2.12. The summed E-state index contributed by atoms with van der Waals surface area (Å²) in [7, 11) is 0. The van der Waals surface area contributed by atoms with Crippen LogP contribution in [-0.4, -0.2) is 11.0 Å². The Morgan fingerprint density at radius 2 is 1.95 bits per heavy atom. The van der Waals surface area contributed by atoms with E-state index < -0.39 is 5.91 Å². The van der Waals surface area contributed by atoms with E-state index in [1.54, 1.807) is 6.07 Å². The van der Waals surface area contributed by atoms with Crippen molar-refractivity contribution in [1.82, 2.24) is 0 Å². The van der Waals surface area contributed by atoms with E-state index in [2.05, 4.69) is 5.32 Å². The summed E-state index contributed by atoms with van der Waals surface area (Å²) in [5.41, 5.74) is 0.784. The molecule has 20 heavy (non-hydrogen) atoms. The monoisotopic (exact) mass is 306 g/mol. The van der Waals surface area contributed by atoms with Gasteiger partial charge in [0, 0.05) is 10.7 Å². The van der Waals surface area contributed by atoms with Gasteiger partial charge < -0.3 is 10.4 Å². The number of halogens is 2. The standard InChI is InChI=1S/C14H8Cl2N2O2/c15-9-2-4-13(19)11(5-9)14(20)18-10-3-1-8(7-17)12(16)6-10/h1-6,19H,(H,18,20). The number of anilines is 1. The van der Waals surface area contributed by atoms with Gasteiger partial charge in [0.05, 0.1) is 16.1 Å². The first-order valence-electron chi connectivity index (χ1n) is 5.51. The molecule has 100 valence electrons. The van der Waals surface area contributed by atoms with Gasteiger partial charge in [-0.2, -0.15) is 5.26 Å². The van der Waals surface area contributed by atoms with Crippen LogP contribution >= 0.6 is 23.2 Å². The summed E-state index contributed by atoms with van der Waals surface area (Å²) in [6.07, 6.45) is 0. The van der Waals surface area contributed by atoms with E-state index in [9.17, 15) is 9.90 Å². The average Bonchev–Trinajstić information content (AvgIpc) is 2.41. The first kappa shape index (κ1) is 14.2. The maximum Gasteiger partial charge on any atom is 0.259 e. The highest BCUT2D eigenvalue weighted by Gasteiger charge is 2.12. The second-order valence-corrected chi connectivity index (χ2v) is 4.77. The van der Waals surface area contributed by atoms with Crippen LogP contribution in [0.3, 0.4) is 0 Å². The molecule has 0 saturated heterocycles. The van der Waals surface area contributed by atoms with E-state index in [1.165, 1.54) is 30.3 Å². The molecule has 0 unspecified atom stereocenters. The van der Waals surface area contributed by atoms with E-state index in [-0.39, 0.29) is 16.3 Å². The van der Waals surface area contributed by atoms with Crippen molar-refractivity contribution in [2.45, 2.75) is 0 Å². The van der Waals surface area contributed by atoms with E-state index in [1.807, 2.05) is 6.07 Å². The Morgan fingerprint density at radius 3 is 2.60 bits per heavy atom. The minimum Gasteiger partial charge on any atom is -0.507 e. The van der Waals surface area contributed by atoms with Crippen molar-refractivity contribution in [3.8, 4) is 11.8 Å². The van der Waals surface area contributed by atoms with E-state index in [0.717, 1.165) is 0 Å². The number of nitrogens with zero attached hydrogens (tertiary/aromatic N) is 1. The summed E-state index contributed by atoms with van der Waals surface area (Å²) < 4.78 is 0. The van der Waals surface area contributed by atoms with Crippen LogP contribution in [0.4, 0.5) is 5.69 Å². The molecule has 1 amide bonds. The van der Waals surface area contributed by atoms with Gasteiger partial charge in [0.15, 0.2) is 0 Å². The summed E-state index contributed by atoms with van der Waals surface area (Å²) in [4.78, 5) is 12.0. The third-order valence-electron chi connectivity index (χ3n) is 2.55. The molecule has 0 spiro atoms. The second-order valence-electron chi connectivity index (χ2n) is 3.92. The normalized spacial score (nSPS) is 9.85. The molecule has 0 radical (unpaired) electrons. The van der Waals surface area contributed by atoms with Crippen LogP contribution in [0.15, 0.2) is 36.4 Å². The zero-order valence-corrected chi connectivity index (χ0v) is 11.5. The van der Waals surface area contributed by atoms with Crippen molar-refractivity contribution in [2.24, 2.45) is 0 Å². The molecule has 4 nitrogen and oxygen atoms in total. The highest BCUT2D eigenvalue weighted by molar-refractivity contribution is 6.32. The molecule has 0 aromatic heterocycles. The Kier molecular flexibility index (Phi) is 4.14. The van der Waals surface area contributed by atoms with Gasteiger partial charge >= 0.3 is 0 Å². The number of phenolic OH excluding ortho intramolecular Hbond substituents is 1. The minimum absolute atomic E-state index is 0.0537. The first-order chi connectivity index (χ1) is 9.51. The summed E-state index contributed by atoms with van der Waals surface area (Å²) in [6, 6.07) is 10.6. The van der Waals surface area contributed by atoms with Gasteiger partial charge in [-0.3, -0.25) is 4.79 Å². The molecule has 0 fully saturated rings. The molecule has 0 aliphatic heterocycles. The number of phenols is 1. The van der Waals surface area contributed by atoms with Crippen LogP contribution in [0, 0.1) is 11.3 Å². The number of hydrogen-bond donors (Lipinski definition) is 2. The Hall–Kier alpha value is -2.22. The van der Waals surface area contributed by atoms with Gasteiger partial charge in [0.2, 0.25) is 0 Å². The van der Waals surface area contributed by atoms with Gasteiger partial charge in [-0.15, -0.1) is 0 Å². The fourth-order valence-corrected chi connectivity index (χ4v) is 1.97. The maximum atomic E-state index is 12.0. The number of aromatic hydroxyl groups is 1. The van der Waals surface area contributed by atoms with Gasteiger partial charge in [-0.05, 0) is 36.4 Å². The molecular formula is C14H8Cl2N2O2. The topological polar surface area (TPSA) is 73.1 Å². The Labute approximate surface area is 125 Å². The minimum atomic E-state index is -0.522. The molecule has 6 heteroatoms. The quantitative estimate of drug-likeness (QED) is 0.885. The number of nitriles is 1. The van der Waals surface area contributed by atoms with Gasteiger partial charge in [-0.1, -0.05) is 23.2 Å². The molecule has 2 aromatic carbocycles. The average molecular weight is 307 g/mol. The van der Waals surface area contributed by atoms with Crippen LogP contribution < -0.4 is 5.32 Å². The number of carbonyl (C=O) groups is 1. The summed E-state index contributed by atoms with van der Waals surface area (Å²) in [6.45, 7) is 0. The molecule has 0 bridgehead atoms. The van der Waals surface area contributed by atoms with Crippen molar-refractivity contribution < 1.29 is 9.90 Å². The molecule has 0 aliphatic carbocycles. The molecule has 0 aliphatic rings. The highest BCUT2D eigenvalue weighted by Crippen LogP contribution is 2.24. The van der Waals surface area contributed by atoms with Crippen molar-refractivity contribution in [2.75, 3.05) is 5.32 Å². The largest absolute Gasteiger partial charge is 0.507 e. The molecule has 0 saturated carbocycles. The van der Waals surface area contributed by atoms with Crippen LogP contribution in [0.1, 0.15) is 15.9 Å². The zero-order valence-electron chi connectivity index (χ0n) is 10.0. The van der Waals surface area contributed by atoms with Crippen molar-refractivity contribution >= 4 is 34.8 Å². The fourth-order valence-electron chi connectivity index (χ4n) is 1.57. The number of hydrogen-bond acceptors (Lipinski definition) is 3. The molecular weight excluding hydrogens is 299 g/mol. The Morgan fingerprint density at radius 1 is 1.20 bits per heavy atom. The smallest absolute Gasteiger partial charge is 0.259 e. The van der Waals surface area contributed by atoms with Crippen LogP contribution in [0.25, 0.3) is 0 Å². The number of benzene rings is 2. The highest BCUT2D eigenvalue weighted by atomic mass is 35.5. The Balaban J connectivity index is 2.26. The number of carbonyl (C=O) groups excluding carboxylic acids is 1. The van der Waals surface area contributed by atoms with Crippen LogP contribution in [0.2, 0.25) is 10.0 Å². The van der Waals surface area contributed by atoms with E-state index >= 15 is 0 Å². The van der Waals surface area contributed by atoms with Crippen LogP contribution in [0.5, 0.6) is 5.75 Å². The third kappa shape index (κ3) is 3.02. The summed E-state index contributed by atoms with van der Waals surface area (Å²) in [5.74, 6) is -0.697. The summed E-state index contributed by atoms with van der Waals surface area (Å²) in [5, 5.41) is 21.5. The lowest BCUT2D eigenvalue weighted by atomic mass is 10.1. The van der Waals surface area contributed by atoms with Gasteiger partial charge in [0.25, 0.3) is 5.91 Å². The van der Waals surface area contributed by atoms with E-state index in [0.29, 0.717) is 16.3 Å². The predicted molar refractivity (Wildman–Crippen MR) is 77.2 cm³/mol. The SMILES string of the molecule is N#Cc1ccc(NC(=O)c2cc(Cl)ccc2O)cc1Cl. The first-order valence-corrected chi connectivity index (χ1v) is 6.26.